The third-order valence-electron chi connectivity index (χ3n) is 14.5. The van der Waals surface area contributed by atoms with E-state index in [9.17, 15) is 30.3 Å². The third kappa shape index (κ3) is 9.81. The van der Waals surface area contributed by atoms with Gasteiger partial charge in [-0.2, -0.15) is 0 Å². The van der Waals surface area contributed by atoms with Crippen LogP contribution in [0.1, 0.15) is 82.4 Å². The van der Waals surface area contributed by atoms with Gasteiger partial charge >= 0.3 is 0 Å². The van der Waals surface area contributed by atoms with Crippen LogP contribution in [-0.4, -0.2) is 82.1 Å². The van der Waals surface area contributed by atoms with Crippen LogP contribution >= 0.6 is 0 Å². The largest absolute Gasteiger partial charge is 0.396 e. The monoisotopic (exact) mass is 819 g/mol. The molecule has 2 saturated carbocycles. The fourth-order valence-corrected chi connectivity index (χ4v) is 11.4. The van der Waals surface area contributed by atoms with E-state index < -0.39 is 35.4 Å². The average molecular weight is 819 g/mol. The summed E-state index contributed by atoms with van der Waals surface area (Å²) >= 11 is 0. The molecule has 1 heterocycles. The molecule has 0 radical (unpaired) electrons. The summed E-state index contributed by atoms with van der Waals surface area (Å²) < 4.78 is 0. The zero-order valence-electron chi connectivity index (χ0n) is 36.3. The Morgan fingerprint density at radius 1 is 1.08 bits per heavy atom. The quantitative estimate of drug-likeness (QED) is 0.0474. The maximum Gasteiger partial charge on any atom is 0.145 e. The lowest BCUT2D eigenvalue weighted by Gasteiger charge is -2.61. The van der Waals surface area contributed by atoms with Gasteiger partial charge in [-0.15, -0.1) is 0 Å². The number of rotatable bonds is 14. The zero-order chi connectivity index (χ0) is 43.0. The van der Waals surface area contributed by atoms with Gasteiger partial charge in [0.25, 0.3) is 0 Å². The van der Waals surface area contributed by atoms with Gasteiger partial charge in [-0.05, 0) is 150 Å². The van der Waals surface area contributed by atoms with Crippen LogP contribution in [0.2, 0.25) is 0 Å². The van der Waals surface area contributed by atoms with E-state index >= 15 is 0 Å². The minimum absolute atomic E-state index is 0.0510. The Bertz CT molecular complexity index is 1950. The lowest BCUT2D eigenvalue weighted by Crippen LogP contribution is -2.65. The topological polar surface area (TPSA) is 142 Å². The van der Waals surface area contributed by atoms with Gasteiger partial charge in [0.15, 0.2) is 0 Å². The second kappa shape index (κ2) is 20.4. The van der Waals surface area contributed by atoms with Gasteiger partial charge < -0.3 is 30.8 Å². The number of allylic oxidation sites excluding steroid dienone is 9. The number of hydrogen-bond acceptors (Lipinski definition) is 8. The average Bonchev–Trinajstić information content (AvgIpc) is 3.58. The highest BCUT2D eigenvalue weighted by molar-refractivity contribution is 5.74. The number of carbonyl (C=O) groups excluding carboxylic acids is 1. The van der Waals surface area contributed by atoms with E-state index in [2.05, 4.69) is 78.8 Å². The van der Waals surface area contributed by atoms with Crippen molar-refractivity contribution < 1.29 is 30.3 Å². The van der Waals surface area contributed by atoms with E-state index in [0.29, 0.717) is 63.5 Å². The molecule has 3 aliphatic carbocycles. The molecule has 60 heavy (non-hydrogen) atoms. The van der Waals surface area contributed by atoms with Crippen molar-refractivity contribution in [3.63, 3.8) is 0 Å². The molecule has 8 heteroatoms. The molecule has 2 aromatic carbocycles. The molecule has 1 spiro atoms. The Morgan fingerprint density at radius 2 is 1.83 bits per heavy atom. The molecule has 2 aromatic rings. The maximum absolute atomic E-state index is 13.1. The lowest BCUT2D eigenvalue weighted by atomic mass is 9.45. The van der Waals surface area contributed by atoms with Crippen LogP contribution in [0.15, 0.2) is 125 Å². The molecule has 0 saturated heterocycles. The van der Waals surface area contributed by atoms with Crippen LogP contribution in [0.4, 0.5) is 0 Å². The first-order chi connectivity index (χ1) is 28.8. The second-order valence-corrected chi connectivity index (χ2v) is 18.3. The number of aliphatic hydroxyl groups is 5. The first kappa shape index (κ1) is 45.8. The first-order valence-corrected chi connectivity index (χ1v) is 22.3. The van der Waals surface area contributed by atoms with Crippen LogP contribution in [0.5, 0.6) is 0 Å². The Hall–Kier alpha value is -3.73. The van der Waals surface area contributed by atoms with Crippen molar-refractivity contribution in [2.75, 3.05) is 20.2 Å². The fourth-order valence-electron chi connectivity index (χ4n) is 11.4. The van der Waals surface area contributed by atoms with Crippen molar-refractivity contribution in [3.05, 3.63) is 142 Å². The third-order valence-corrected chi connectivity index (χ3v) is 14.5. The van der Waals surface area contributed by atoms with Crippen molar-refractivity contribution in [2.45, 2.75) is 115 Å². The Balaban J connectivity index is 1.38. The number of aliphatic hydroxyl groups excluding tert-OH is 4. The van der Waals surface area contributed by atoms with Crippen LogP contribution in [0.25, 0.3) is 0 Å². The summed E-state index contributed by atoms with van der Waals surface area (Å²) in [6, 6.07) is 18.9. The van der Waals surface area contributed by atoms with Crippen molar-refractivity contribution in [3.8, 4) is 0 Å². The van der Waals surface area contributed by atoms with E-state index in [0.717, 1.165) is 47.0 Å². The van der Waals surface area contributed by atoms with Crippen molar-refractivity contribution >= 4 is 6.29 Å². The predicted octanol–water partition coefficient (Wildman–Crippen LogP) is 6.88. The standard InChI is InChI=1S/C52H70N2O6/c1-34(42-19-17-35(2)50(59)54-37(4)29-39-14-10-15-40(30-39)31-42)11-9-16-44(46(57)22-18-38-12-7-6-8-13-38)45-23-25-52(49(45)58)48-41(24-28-55)20-21-43(47(48)36(3)33-56)32-51(52,60)26-27-53-5/h6-17,20-21,30,33,37,41-43,45-46,48-50,53-55,57-60H,1,18-19,22-29,31-32H2,2-5H3/t37-,41+,42+,43+,45-,46-,48-,49-,50-,51-,52-/m1/s1. The lowest BCUT2D eigenvalue weighted by molar-refractivity contribution is -0.194. The summed E-state index contributed by atoms with van der Waals surface area (Å²) in [5.74, 6) is -1.08. The van der Waals surface area contributed by atoms with Gasteiger partial charge in [-0.3, -0.25) is 10.1 Å². The maximum atomic E-state index is 13.1. The highest BCUT2D eigenvalue weighted by Crippen LogP contribution is 2.67. The molecule has 1 aliphatic heterocycles. The van der Waals surface area contributed by atoms with E-state index in [1.165, 1.54) is 11.1 Å². The molecule has 0 aromatic heterocycles. The highest BCUT2D eigenvalue weighted by atomic mass is 16.3. The van der Waals surface area contributed by atoms with Crippen LogP contribution in [0, 0.1) is 35.0 Å². The number of hydrogen-bond donors (Lipinski definition) is 7. The summed E-state index contributed by atoms with van der Waals surface area (Å²) in [6.45, 7) is 10.9. The molecule has 4 bridgehead atoms. The molecule has 7 N–H and O–H groups in total. The smallest absolute Gasteiger partial charge is 0.145 e. The number of nitrogens with one attached hydrogen (secondary N) is 2. The molecule has 324 valence electrons. The van der Waals surface area contributed by atoms with Gasteiger partial charge in [0.05, 0.1) is 17.8 Å². The van der Waals surface area contributed by atoms with Crippen molar-refractivity contribution in [2.24, 2.45) is 35.0 Å². The second-order valence-electron chi connectivity index (χ2n) is 18.3. The number of benzene rings is 2. The van der Waals surface area contributed by atoms with E-state index in [-0.39, 0.29) is 36.3 Å². The highest BCUT2D eigenvalue weighted by Gasteiger charge is 2.68. The van der Waals surface area contributed by atoms with Gasteiger partial charge in [0, 0.05) is 29.9 Å². The van der Waals surface area contributed by atoms with E-state index in [1.54, 1.807) is 0 Å². The normalized spacial score (nSPS) is 33.5. The number of fused-ring (bicyclic) bond motifs is 5. The predicted molar refractivity (Wildman–Crippen MR) is 241 cm³/mol. The van der Waals surface area contributed by atoms with Crippen LogP contribution < -0.4 is 10.6 Å². The summed E-state index contributed by atoms with van der Waals surface area (Å²) in [4.78, 5) is 12.5. The zero-order valence-corrected chi connectivity index (χ0v) is 36.3. The van der Waals surface area contributed by atoms with Gasteiger partial charge in [-0.1, -0.05) is 109 Å². The summed E-state index contributed by atoms with van der Waals surface area (Å²) in [6.07, 6.45) is 16.3. The SMILES string of the molecule is C=C(C=CC=C([C@H](O)CCc1ccccc1)[C@H]1CC[C@]2([C@@H]1O)[C@H]1C(=C(C)C=O)[C@@H](C=C[C@H]1CCO)C[C@]2(O)CCNC)[C@H]1CC=C(C)[C@@H](O)N[C@H](C)Cc2cccc(c2)C1. The molecule has 6 rings (SSSR count). The van der Waals surface area contributed by atoms with Crippen LogP contribution in [-0.2, 0) is 24.1 Å². The summed E-state index contributed by atoms with van der Waals surface area (Å²) in [5, 5.41) is 66.1. The molecule has 0 unspecified atom stereocenters. The molecular weight excluding hydrogens is 749 g/mol. The van der Waals surface area contributed by atoms with Gasteiger partial charge in [0.2, 0.25) is 0 Å². The fraction of sp³-hybridized carbons (Fsp3) is 0.519. The minimum atomic E-state index is -1.27. The minimum Gasteiger partial charge on any atom is -0.396 e. The number of aryl methyl sites for hydroxylation is 1. The van der Waals surface area contributed by atoms with Crippen molar-refractivity contribution in [1.82, 2.24) is 10.6 Å². The molecular formula is C52H70N2O6. The molecule has 2 fully saturated rings. The van der Waals surface area contributed by atoms with Gasteiger partial charge in [0.1, 0.15) is 12.5 Å². The van der Waals surface area contributed by atoms with E-state index in [1.807, 2.05) is 57.3 Å². The molecule has 8 nitrogen and oxygen atoms in total. The molecule has 4 aliphatic rings. The molecule has 11 atom stereocenters. The Kier molecular flexibility index (Phi) is 15.6. The molecule has 0 amide bonds. The summed E-state index contributed by atoms with van der Waals surface area (Å²) in [7, 11) is 1.87. The number of carbonyl (C=O) groups is 1. The van der Waals surface area contributed by atoms with Crippen LogP contribution in [0.3, 0.4) is 0 Å². The number of aldehydes is 1. The van der Waals surface area contributed by atoms with E-state index in [4.69, 9.17) is 0 Å². The van der Waals surface area contributed by atoms with Crippen molar-refractivity contribution in [1.29, 1.82) is 0 Å². The van der Waals surface area contributed by atoms with Gasteiger partial charge in [-0.25, -0.2) is 0 Å². The Labute approximate surface area is 358 Å². The Morgan fingerprint density at radius 3 is 2.55 bits per heavy atom. The first-order valence-electron chi connectivity index (χ1n) is 22.3. The summed E-state index contributed by atoms with van der Waals surface area (Å²) in [5.41, 5.74) is 5.40.